The lowest BCUT2D eigenvalue weighted by Gasteiger charge is -2.52. The molecule has 0 atom stereocenters. The van der Waals surface area contributed by atoms with Crippen molar-refractivity contribution in [2.75, 3.05) is 13.2 Å². The van der Waals surface area contributed by atoms with Crippen LogP contribution in [0.3, 0.4) is 0 Å². The van der Waals surface area contributed by atoms with Gasteiger partial charge in [0.15, 0.2) is 0 Å². The third-order valence-corrected chi connectivity index (χ3v) is 7.37. The molecule has 6 rings (SSSR count). The van der Waals surface area contributed by atoms with E-state index in [1.54, 1.807) is 0 Å². The van der Waals surface area contributed by atoms with E-state index in [-0.39, 0.29) is 24.0 Å². The first kappa shape index (κ1) is 18.8. The number of nitrogens with two attached hydrogens (primary N) is 1. The van der Waals surface area contributed by atoms with E-state index in [0.717, 1.165) is 56.1 Å². The molecule has 29 heavy (non-hydrogen) atoms. The third kappa shape index (κ3) is 3.37. The Kier molecular flexibility index (Phi) is 4.69. The molecule has 0 unspecified atom stereocenters. The van der Waals surface area contributed by atoms with Crippen LogP contribution in [0.4, 0.5) is 4.39 Å². The number of fused-ring (bicyclic) bond motifs is 3. The first-order chi connectivity index (χ1) is 14.2. The number of rotatable bonds is 7. The molecule has 4 fully saturated rings. The number of hydrogen-bond donors (Lipinski definition) is 1. The highest BCUT2D eigenvalue weighted by molar-refractivity contribution is 5.35. The highest BCUT2D eigenvalue weighted by atomic mass is 19.1. The van der Waals surface area contributed by atoms with E-state index in [4.69, 9.17) is 14.9 Å². The monoisotopic (exact) mass is 397 g/mol. The summed E-state index contributed by atoms with van der Waals surface area (Å²) in [5.74, 6) is 3.00. The van der Waals surface area contributed by atoms with Crippen molar-refractivity contribution in [3.63, 3.8) is 0 Å². The molecule has 4 aliphatic carbocycles. The van der Waals surface area contributed by atoms with Gasteiger partial charge in [-0.1, -0.05) is 12.1 Å². The molecule has 0 radical (unpaired) electrons. The van der Waals surface area contributed by atoms with Crippen LogP contribution in [-0.4, -0.2) is 23.3 Å². The van der Waals surface area contributed by atoms with Gasteiger partial charge in [0, 0.05) is 23.5 Å². The summed E-state index contributed by atoms with van der Waals surface area (Å²) in [5.41, 5.74) is 7.63. The van der Waals surface area contributed by atoms with E-state index < -0.39 is 0 Å². The van der Waals surface area contributed by atoms with E-state index in [2.05, 4.69) is 22.3 Å². The minimum absolute atomic E-state index is 0.0856. The van der Waals surface area contributed by atoms with Crippen LogP contribution in [-0.2, 0) is 10.8 Å². The highest BCUT2D eigenvalue weighted by Crippen LogP contribution is 2.58. The average molecular weight is 397 g/mol. The molecule has 1 heterocycles. The van der Waals surface area contributed by atoms with Gasteiger partial charge in [0.05, 0.1) is 6.33 Å². The predicted molar refractivity (Wildman–Crippen MR) is 108 cm³/mol. The highest BCUT2D eigenvalue weighted by Gasteiger charge is 2.52. The van der Waals surface area contributed by atoms with Crippen molar-refractivity contribution in [3.8, 4) is 5.75 Å². The molecule has 2 bridgehead atoms. The summed E-state index contributed by atoms with van der Waals surface area (Å²) in [6, 6.07) is 8.33. The molecule has 2 aromatic rings. The fraction of sp³-hybridized carbons (Fsp3) is 0.565. The van der Waals surface area contributed by atoms with Crippen molar-refractivity contribution >= 4 is 0 Å². The SMILES string of the molecule is NC/C(=C\F)COc1ccc(C23CCC(c4nnc(C5CC5)o4)(CC2)CC3)cc1. The number of ether oxygens (including phenoxy) is 1. The predicted octanol–water partition coefficient (Wildman–Crippen LogP) is 4.68. The Morgan fingerprint density at radius 1 is 1.07 bits per heavy atom. The summed E-state index contributed by atoms with van der Waals surface area (Å²) in [6.07, 6.45) is 9.68. The maximum absolute atomic E-state index is 12.6. The molecule has 154 valence electrons. The molecule has 0 amide bonds. The minimum Gasteiger partial charge on any atom is -0.489 e. The van der Waals surface area contributed by atoms with E-state index >= 15 is 0 Å². The molecule has 0 spiro atoms. The molecule has 4 aliphatic rings. The van der Waals surface area contributed by atoms with Crippen molar-refractivity contribution in [2.24, 2.45) is 5.73 Å². The van der Waals surface area contributed by atoms with Crippen LogP contribution in [0.1, 0.15) is 74.6 Å². The summed E-state index contributed by atoms with van der Waals surface area (Å²) >= 11 is 0. The summed E-state index contributed by atoms with van der Waals surface area (Å²) in [5, 5.41) is 8.78. The van der Waals surface area contributed by atoms with Gasteiger partial charge in [-0.25, -0.2) is 4.39 Å². The second-order valence-corrected chi connectivity index (χ2v) is 9.06. The fourth-order valence-electron chi connectivity index (χ4n) is 5.10. The average Bonchev–Trinajstić information content (AvgIpc) is 3.52. The lowest BCUT2D eigenvalue weighted by atomic mass is 9.52. The number of benzene rings is 1. The van der Waals surface area contributed by atoms with E-state index in [9.17, 15) is 4.39 Å². The van der Waals surface area contributed by atoms with Gasteiger partial charge in [-0.15, -0.1) is 10.2 Å². The molecule has 2 N–H and O–H groups in total. The Hall–Kier alpha value is -2.21. The molecular formula is C23H28FN3O2. The van der Waals surface area contributed by atoms with Gasteiger partial charge in [-0.05, 0) is 74.5 Å². The van der Waals surface area contributed by atoms with E-state index in [1.807, 2.05) is 12.1 Å². The van der Waals surface area contributed by atoms with Crippen molar-refractivity contribution in [1.82, 2.24) is 10.2 Å². The zero-order valence-corrected chi connectivity index (χ0v) is 16.7. The zero-order valence-electron chi connectivity index (χ0n) is 16.7. The normalized spacial score (nSPS) is 29.2. The van der Waals surface area contributed by atoms with E-state index in [0.29, 0.717) is 17.8 Å². The zero-order chi connectivity index (χ0) is 19.9. The second kappa shape index (κ2) is 7.24. The summed E-state index contributed by atoms with van der Waals surface area (Å²) < 4.78 is 24.4. The Balaban J connectivity index is 1.26. The topological polar surface area (TPSA) is 74.2 Å². The van der Waals surface area contributed by atoms with Crippen LogP contribution in [0.25, 0.3) is 0 Å². The quantitative estimate of drug-likeness (QED) is 0.734. The van der Waals surface area contributed by atoms with Crippen LogP contribution in [0.5, 0.6) is 5.75 Å². The van der Waals surface area contributed by atoms with E-state index in [1.165, 1.54) is 18.4 Å². The Morgan fingerprint density at radius 3 is 2.31 bits per heavy atom. The lowest BCUT2D eigenvalue weighted by Crippen LogP contribution is -2.46. The van der Waals surface area contributed by atoms with Gasteiger partial charge in [0.1, 0.15) is 12.4 Å². The van der Waals surface area contributed by atoms with Crippen molar-refractivity contribution in [1.29, 1.82) is 0 Å². The first-order valence-electron chi connectivity index (χ1n) is 10.7. The molecule has 4 saturated carbocycles. The number of hydrogen-bond acceptors (Lipinski definition) is 5. The second-order valence-electron chi connectivity index (χ2n) is 9.06. The standard InChI is InChI=1S/C23H28FN3O2/c24-13-16(14-25)15-28-19-5-3-18(4-6-19)22-7-10-23(11-8-22,12-9-22)21-27-26-20(29-21)17-1-2-17/h3-6,13,17H,1-2,7-12,14-15,25H2/b16-13+. The van der Waals surface area contributed by atoms with Gasteiger partial charge < -0.3 is 14.9 Å². The maximum Gasteiger partial charge on any atom is 0.222 e. The minimum atomic E-state index is 0.0856. The lowest BCUT2D eigenvalue weighted by molar-refractivity contribution is 0.0798. The number of aromatic nitrogens is 2. The smallest absolute Gasteiger partial charge is 0.222 e. The Morgan fingerprint density at radius 2 is 1.72 bits per heavy atom. The van der Waals surface area contributed by atoms with Crippen LogP contribution in [0, 0.1) is 0 Å². The number of nitrogens with zero attached hydrogens (tertiary/aromatic N) is 2. The molecule has 1 aromatic carbocycles. The van der Waals surface area contributed by atoms with Crippen LogP contribution in [0.2, 0.25) is 0 Å². The summed E-state index contributed by atoms with van der Waals surface area (Å²) in [4.78, 5) is 0. The summed E-state index contributed by atoms with van der Waals surface area (Å²) in [7, 11) is 0. The molecule has 1 aromatic heterocycles. The van der Waals surface area contributed by atoms with Gasteiger partial charge in [-0.2, -0.15) is 0 Å². The molecular weight excluding hydrogens is 369 g/mol. The first-order valence-corrected chi connectivity index (χ1v) is 10.7. The molecule has 0 saturated heterocycles. The molecule has 0 aliphatic heterocycles. The fourth-order valence-corrected chi connectivity index (χ4v) is 5.10. The Labute approximate surface area is 170 Å². The summed E-state index contributed by atoms with van der Waals surface area (Å²) in [6.45, 7) is 0.356. The van der Waals surface area contributed by atoms with Crippen molar-refractivity contribution in [3.05, 3.63) is 53.5 Å². The van der Waals surface area contributed by atoms with Gasteiger partial charge in [-0.3, -0.25) is 0 Å². The van der Waals surface area contributed by atoms with Gasteiger partial charge >= 0.3 is 0 Å². The van der Waals surface area contributed by atoms with Crippen LogP contribution >= 0.6 is 0 Å². The number of halogens is 1. The van der Waals surface area contributed by atoms with Crippen LogP contribution < -0.4 is 10.5 Å². The maximum atomic E-state index is 12.6. The van der Waals surface area contributed by atoms with Gasteiger partial charge in [0.2, 0.25) is 11.8 Å². The van der Waals surface area contributed by atoms with Crippen LogP contribution in [0.15, 0.2) is 40.6 Å². The Bertz CT molecular complexity index is 877. The van der Waals surface area contributed by atoms with Gasteiger partial charge in [0.25, 0.3) is 0 Å². The largest absolute Gasteiger partial charge is 0.489 e. The third-order valence-electron chi connectivity index (χ3n) is 7.37. The van der Waals surface area contributed by atoms with Crippen molar-refractivity contribution < 1.29 is 13.5 Å². The molecule has 6 heteroatoms. The molecule has 5 nitrogen and oxygen atoms in total. The van der Waals surface area contributed by atoms with Crippen molar-refractivity contribution in [2.45, 2.75) is 68.1 Å².